The zero-order valence-electron chi connectivity index (χ0n) is 10.9. The predicted molar refractivity (Wildman–Crippen MR) is 72.8 cm³/mol. The van der Waals surface area contributed by atoms with Crippen molar-refractivity contribution in [1.82, 2.24) is 9.88 Å². The molecular weight excluding hydrogens is 262 g/mol. The van der Waals surface area contributed by atoms with Crippen molar-refractivity contribution in [2.24, 2.45) is 0 Å². The van der Waals surface area contributed by atoms with Crippen LogP contribution in [0, 0.1) is 11.3 Å². The van der Waals surface area contributed by atoms with E-state index in [4.69, 9.17) is 11.6 Å². The van der Waals surface area contributed by atoms with E-state index in [1.54, 1.807) is 19.3 Å². The molecule has 0 N–H and O–H groups in total. The highest BCUT2D eigenvalue weighted by atomic mass is 35.5. The Morgan fingerprint density at radius 1 is 1.47 bits per heavy atom. The smallest absolute Gasteiger partial charge is 0.257 e. The van der Waals surface area contributed by atoms with E-state index in [1.807, 2.05) is 0 Å². The number of halogens is 1. The minimum Gasteiger partial charge on any atom is -0.323 e. The van der Waals surface area contributed by atoms with E-state index in [9.17, 15) is 10.1 Å². The lowest BCUT2D eigenvalue weighted by Crippen LogP contribution is -2.49. The highest BCUT2D eigenvalue weighted by Gasteiger charge is 2.39. The van der Waals surface area contributed by atoms with Gasteiger partial charge in [0.2, 0.25) is 0 Å². The molecule has 0 bridgehead atoms. The molecule has 1 aromatic heterocycles. The van der Waals surface area contributed by atoms with E-state index >= 15 is 0 Å². The van der Waals surface area contributed by atoms with Crippen LogP contribution in [-0.2, 0) is 0 Å². The molecule has 1 aliphatic rings. The molecule has 19 heavy (non-hydrogen) atoms. The van der Waals surface area contributed by atoms with Crippen LogP contribution in [0.25, 0.3) is 0 Å². The van der Waals surface area contributed by atoms with Gasteiger partial charge in [-0.25, -0.2) is 0 Å². The maximum atomic E-state index is 12.5. The molecule has 1 amide bonds. The summed E-state index contributed by atoms with van der Waals surface area (Å²) >= 11 is 6.02. The number of rotatable bonds is 2. The van der Waals surface area contributed by atoms with Gasteiger partial charge in [-0.05, 0) is 18.9 Å². The first-order valence-electron chi connectivity index (χ1n) is 6.40. The van der Waals surface area contributed by atoms with Gasteiger partial charge < -0.3 is 4.90 Å². The largest absolute Gasteiger partial charge is 0.323 e. The van der Waals surface area contributed by atoms with E-state index in [2.05, 4.69) is 11.1 Å². The van der Waals surface area contributed by atoms with Crippen LogP contribution in [0.2, 0.25) is 5.02 Å². The average molecular weight is 278 g/mol. The Kier molecular flexibility index (Phi) is 4.06. The Bertz CT molecular complexity index is 518. The summed E-state index contributed by atoms with van der Waals surface area (Å²) in [5, 5.41) is 9.86. The standard InChI is InChI=1S/C14H16ClN3O/c1-18(14(10-16)6-3-2-4-7-14)13(19)11-9-17-8-5-12(11)15/h5,8-9H,2-4,6-7H2,1H3. The normalized spacial score (nSPS) is 17.5. The van der Waals surface area contributed by atoms with Gasteiger partial charge in [-0.2, -0.15) is 5.26 Å². The fourth-order valence-corrected chi connectivity index (χ4v) is 2.75. The van der Waals surface area contributed by atoms with E-state index in [-0.39, 0.29) is 5.91 Å². The third kappa shape index (κ3) is 2.57. The van der Waals surface area contributed by atoms with Crippen molar-refractivity contribution >= 4 is 17.5 Å². The number of nitrogens with zero attached hydrogens (tertiary/aromatic N) is 3. The number of nitriles is 1. The lowest BCUT2D eigenvalue weighted by Gasteiger charge is -2.39. The minimum absolute atomic E-state index is 0.235. The molecule has 0 unspecified atom stereocenters. The van der Waals surface area contributed by atoms with Gasteiger partial charge in [0.15, 0.2) is 0 Å². The Morgan fingerprint density at radius 2 is 2.16 bits per heavy atom. The first-order valence-corrected chi connectivity index (χ1v) is 6.77. The van der Waals surface area contributed by atoms with Gasteiger partial charge >= 0.3 is 0 Å². The third-order valence-corrected chi connectivity index (χ3v) is 4.16. The molecule has 0 atom stereocenters. The van der Waals surface area contributed by atoms with Gasteiger partial charge in [0.1, 0.15) is 5.54 Å². The Labute approximate surface area is 118 Å². The highest BCUT2D eigenvalue weighted by molar-refractivity contribution is 6.33. The molecule has 1 aromatic rings. The van der Waals surface area contributed by atoms with Crippen molar-refractivity contribution in [3.63, 3.8) is 0 Å². The number of hydrogen-bond acceptors (Lipinski definition) is 3. The van der Waals surface area contributed by atoms with Crippen LogP contribution in [0.3, 0.4) is 0 Å². The van der Waals surface area contributed by atoms with Crippen molar-refractivity contribution in [1.29, 1.82) is 5.26 Å². The first kappa shape index (κ1) is 13.8. The van der Waals surface area contributed by atoms with Gasteiger partial charge in [-0.3, -0.25) is 9.78 Å². The fourth-order valence-electron chi connectivity index (χ4n) is 2.57. The molecule has 0 aliphatic heterocycles. The summed E-state index contributed by atoms with van der Waals surface area (Å²) in [5.74, 6) is -0.235. The lowest BCUT2D eigenvalue weighted by molar-refractivity contribution is 0.0589. The summed E-state index contributed by atoms with van der Waals surface area (Å²) in [6.07, 6.45) is 7.53. The van der Waals surface area contributed by atoms with Crippen LogP contribution >= 0.6 is 11.6 Å². The molecule has 5 heteroatoms. The van der Waals surface area contributed by atoms with Gasteiger partial charge in [0.25, 0.3) is 5.91 Å². The number of pyridine rings is 1. The number of hydrogen-bond donors (Lipinski definition) is 0. The number of amides is 1. The van der Waals surface area contributed by atoms with Crippen LogP contribution in [0.5, 0.6) is 0 Å². The molecule has 1 aliphatic carbocycles. The van der Waals surface area contributed by atoms with Crippen molar-refractivity contribution in [2.75, 3.05) is 7.05 Å². The van der Waals surface area contributed by atoms with Crippen molar-refractivity contribution < 1.29 is 4.79 Å². The number of carbonyl (C=O) groups excluding carboxylic acids is 1. The maximum absolute atomic E-state index is 12.5. The molecule has 0 radical (unpaired) electrons. The summed E-state index contributed by atoms with van der Waals surface area (Å²) in [6.45, 7) is 0. The molecule has 4 nitrogen and oxygen atoms in total. The zero-order chi connectivity index (χ0) is 13.9. The summed E-state index contributed by atoms with van der Waals surface area (Å²) < 4.78 is 0. The zero-order valence-corrected chi connectivity index (χ0v) is 11.7. The maximum Gasteiger partial charge on any atom is 0.257 e. The molecule has 0 spiro atoms. The second kappa shape index (κ2) is 5.58. The third-order valence-electron chi connectivity index (χ3n) is 3.83. The van der Waals surface area contributed by atoms with Gasteiger partial charge in [-0.15, -0.1) is 0 Å². The van der Waals surface area contributed by atoms with Crippen LogP contribution in [0.15, 0.2) is 18.5 Å². The molecule has 0 saturated heterocycles. The van der Waals surface area contributed by atoms with E-state index in [0.717, 1.165) is 32.1 Å². The number of carbonyl (C=O) groups is 1. The predicted octanol–water partition coefficient (Wildman–Crippen LogP) is 3.03. The summed E-state index contributed by atoms with van der Waals surface area (Å²) in [7, 11) is 1.68. The molecule has 1 saturated carbocycles. The molecular formula is C14H16ClN3O. The SMILES string of the molecule is CN(C(=O)c1cnccc1Cl)C1(C#N)CCCCC1. The minimum atomic E-state index is -0.700. The summed E-state index contributed by atoms with van der Waals surface area (Å²) in [4.78, 5) is 17.9. The second-order valence-corrected chi connectivity index (χ2v) is 5.33. The lowest BCUT2D eigenvalue weighted by atomic mass is 9.81. The van der Waals surface area contributed by atoms with E-state index < -0.39 is 5.54 Å². The first-order chi connectivity index (χ1) is 9.10. The Morgan fingerprint density at radius 3 is 2.74 bits per heavy atom. The molecule has 100 valence electrons. The van der Waals surface area contributed by atoms with Crippen LogP contribution in [0.1, 0.15) is 42.5 Å². The fraction of sp³-hybridized carbons (Fsp3) is 0.500. The Balaban J connectivity index is 2.28. The molecule has 2 rings (SSSR count). The number of aromatic nitrogens is 1. The van der Waals surface area contributed by atoms with Crippen molar-refractivity contribution in [3.05, 3.63) is 29.0 Å². The highest BCUT2D eigenvalue weighted by Crippen LogP contribution is 2.33. The quantitative estimate of drug-likeness (QED) is 0.835. The van der Waals surface area contributed by atoms with Gasteiger partial charge in [0.05, 0.1) is 16.7 Å². The molecule has 0 aromatic carbocycles. The Hall–Kier alpha value is -1.60. The van der Waals surface area contributed by atoms with Crippen LogP contribution < -0.4 is 0 Å². The van der Waals surface area contributed by atoms with Crippen LogP contribution in [0.4, 0.5) is 0 Å². The van der Waals surface area contributed by atoms with E-state index in [0.29, 0.717) is 10.6 Å². The monoisotopic (exact) mass is 277 g/mol. The molecule has 1 heterocycles. The summed E-state index contributed by atoms with van der Waals surface area (Å²) in [6, 6.07) is 3.91. The van der Waals surface area contributed by atoms with Gasteiger partial charge in [0, 0.05) is 19.4 Å². The summed E-state index contributed by atoms with van der Waals surface area (Å²) in [5.41, 5.74) is -0.346. The van der Waals surface area contributed by atoms with E-state index in [1.165, 1.54) is 11.1 Å². The second-order valence-electron chi connectivity index (χ2n) is 4.92. The van der Waals surface area contributed by atoms with Crippen molar-refractivity contribution in [3.8, 4) is 6.07 Å². The van der Waals surface area contributed by atoms with Crippen molar-refractivity contribution in [2.45, 2.75) is 37.6 Å². The van der Waals surface area contributed by atoms with Crippen LogP contribution in [-0.4, -0.2) is 28.4 Å². The average Bonchev–Trinajstić information content (AvgIpc) is 2.47. The van der Waals surface area contributed by atoms with Gasteiger partial charge in [-0.1, -0.05) is 30.9 Å². The topological polar surface area (TPSA) is 57.0 Å². The molecule has 1 fully saturated rings.